The number of hydrogen-bond acceptors (Lipinski definition) is 3. The molecule has 4 heteroatoms. The number of rotatable bonds is 1. The van der Waals surface area contributed by atoms with Crippen LogP contribution in [0.5, 0.6) is 0 Å². The van der Waals surface area contributed by atoms with Crippen LogP contribution in [0.3, 0.4) is 0 Å². The van der Waals surface area contributed by atoms with Gasteiger partial charge in [-0.2, -0.15) is 0 Å². The number of amides is 1. The Hall–Kier alpha value is -1.54. The Labute approximate surface area is 64.3 Å². The van der Waals surface area contributed by atoms with Crippen LogP contribution in [0.25, 0.3) is 0 Å². The van der Waals surface area contributed by atoms with E-state index in [-0.39, 0.29) is 5.57 Å². The standard InChI is InChI=1S/C7H9NO3/c1-3-4-5(2)6(9)11-7(8)10/h3H,1-2H3,(H2,8,10). The van der Waals surface area contributed by atoms with Gasteiger partial charge in [0.2, 0.25) is 0 Å². The van der Waals surface area contributed by atoms with Gasteiger partial charge in [-0.25, -0.2) is 9.59 Å². The van der Waals surface area contributed by atoms with Gasteiger partial charge in [0.05, 0.1) is 5.57 Å². The predicted molar refractivity (Wildman–Crippen MR) is 38.6 cm³/mol. The summed E-state index contributed by atoms with van der Waals surface area (Å²) in [7, 11) is 0. The molecule has 0 aliphatic carbocycles. The molecule has 0 aliphatic rings. The van der Waals surface area contributed by atoms with Gasteiger partial charge in [-0.1, -0.05) is 0 Å². The fraction of sp³-hybridized carbons (Fsp3) is 0.286. The van der Waals surface area contributed by atoms with Crippen molar-refractivity contribution in [3.63, 3.8) is 0 Å². The molecule has 0 rings (SSSR count). The molecule has 11 heavy (non-hydrogen) atoms. The number of ether oxygens (including phenoxy) is 1. The largest absolute Gasteiger partial charge is 0.412 e. The van der Waals surface area contributed by atoms with Gasteiger partial charge in [0.15, 0.2) is 0 Å². The highest BCUT2D eigenvalue weighted by molar-refractivity contribution is 5.94. The zero-order chi connectivity index (χ0) is 8.85. The van der Waals surface area contributed by atoms with Gasteiger partial charge in [0.1, 0.15) is 0 Å². The second kappa shape index (κ2) is 4.30. The third kappa shape index (κ3) is 3.95. The Bertz CT molecular complexity index is 236. The van der Waals surface area contributed by atoms with E-state index < -0.39 is 12.1 Å². The summed E-state index contributed by atoms with van der Waals surface area (Å²) in [5, 5.41) is 0. The van der Waals surface area contributed by atoms with E-state index >= 15 is 0 Å². The van der Waals surface area contributed by atoms with E-state index in [4.69, 9.17) is 0 Å². The predicted octanol–water partition coefficient (Wildman–Crippen LogP) is 0.730. The summed E-state index contributed by atoms with van der Waals surface area (Å²) in [5.74, 6) is -0.768. The second-order valence-electron chi connectivity index (χ2n) is 1.77. The van der Waals surface area contributed by atoms with Gasteiger partial charge in [-0.05, 0) is 19.9 Å². The van der Waals surface area contributed by atoms with E-state index in [1.54, 1.807) is 6.92 Å². The van der Waals surface area contributed by atoms with E-state index in [0.29, 0.717) is 0 Å². The van der Waals surface area contributed by atoms with Crippen LogP contribution in [0, 0.1) is 0 Å². The Kier molecular flexibility index (Phi) is 3.70. The molecule has 1 amide bonds. The van der Waals surface area contributed by atoms with Crippen LogP contribution in [0.1, 0.15) is 13.8 Å². The maximum atomic E-state index is 10.7. The summed E-state index contributed by atoms with van der Waals surface area (Å²) in [6, 6.07) is 0. The highest BCUT2D eigenvalue weighted by atomic mass is 16.6. The van der Waals surface area contributed by atoms with Crippen LogP contribution < -0.4 is 5.73 Å². The third-order valence-corrected chi connectivity index (χ3v) is 0.860. The number of nitrogens with two attached hydrogens (primary N) is 1. The molecule has 60 valence electrons. The highest BCUT2D eigenvalue weighted by Crippen LogP contribution is 1.93. The first-order chi connectivity index (χ1) is 5.07. The van der Waals surface area contributed by atoms with Crippen LogP contribution >= 0.6 is 0 Å². The van der Waals surface area contributed by atoms with Crippen LogP contribution in [-0.4, -0.2) is 12.1 Å². The van der Waals surface area contributed by atoms with Crippen LogP contribution in [0.4, 0.5) is 4.79 Å². The van der Waals surface area contributed by atoms with E-state index in [1.807, 2.05) is 0 Å². The fourth-order valence-corrected chi connectivity index (χ4v) is 0.443. The molecule has 0 atom stereocenters. The summed E-state index contributed by atoms with van der Waals surface area (Å²) in [5.41, 5.74) is 7.37. The molecule has 0 fully saturated rings. The van der Waals surface area contributed by atoms with Crippen molar-refractivity contribution >= 4 is 12.1 Å². The summed E-state index contributed by atoms with van der Waals surface area (Å²) in [6.07, 6.45) is 0.435. The molecule has 0 heterocycles. The smallest absolute Gasteiger partial charge is 0.372 e. The molecule has 0 aliphatic heterocycles. The van der Waals surface area contributed by atoms with Gasteiger partial charge in [0, 0.05) is 0 Å². The minimum atomic E-state index is -1.10. The molecular formula is C7H9NO3. The molecule has 0 aromatic carbocycles. The highest BCUT2D eigenvalue weighted by Gasteiger charge is 2.07. The quantitative estimate of drug-likeness (QED) is 0.262. The zero-order valence-electron chi connectivity index (χ0n) is 6.38. The molecule has 2 N–H and O–H groups in total. The monoisotopic (exact) mass is 155 g/mol. The fourth-order valence-electron chi connectivity index (χ4n) is 0.443. The Morgan fingerprint density at radius 3 is 2.45 bits per heavy atom. The molecule has 0 saturated heterocycles. The van der Waals surface area contributed by atoms with Crippen molar-refractivity contribution in [2.45, 2.75) is 13.8 Å². The summed E-state index contributed by atoms with van der Waals surface area (Å²) in [4.78, 5) is 20.7. The van der Waals surface area contributed by atoms with Crippen molar-refractivity contribution in [1.82, 2.24) is 0 Å². The average molecular weight is 155 g/mol. The van der Waals surface area contributed by atoms with Crippen LogP contribution in [0.15, 0.2) is 17.4 Å². The summed E-state index contributed by atoms with van der Waals surface area (Å²) >= 11 is 0. The van der Waals surface area contributed by atoms with Gasteiger partial charge < -0.3 is 10.5 Å². The minimum Gasteiger partial charge on any atom is -0.372 e. The topological polar surface area (TPSA) is 69.4 Å². The van der Waals surface area contributed by atoms with Gasteiger partial charge in [-0.15, -0.1) is 5.73 Å². The second-order valence-corrected chi connectivity index (χ2v) is 1.77. The first-order valence-corrected chi connectivity index (χ1v) is 2.97. The van der Waals surface area contributed by atoms with Crippen LogP contribution in [-0.2, 0) is 9.53 Å². The maximum Gasteiger partial charge on any atom is 0.412 e. The Morgan fingerprint density at radius 1 is 1.55 bits per heavy atom. The first-order valence-electron chi connectivity index (χ1n) is 2.97. The molecule has 4 nitrogen and oxygen atoms in total. The number of carbonyl (C=O) groups excluding carboxylic acids is 2. The molecule has 0 unspecified atom stereocenters. The lowest BCUT2D eigenvalue weighted by atomic mass is 10.3. The first kappa shape index (κ1) is 9.46. The minimum absolute atomic E-state index is 0.214. The van der Waals surface area contributed by atoms with Crippen molar-refractivity contribution < 1.29 is 14.3 Å². The normalized spacial score (nSPS) is 7.82. The van der Waals surface area contributed by atoms with Crippen LogP contribution in [0.2, 0.25) is 0 Å². The number of hydrogen-bond donors (Lipinski definition) is 1. The molecule has 0 aromatic heterocycles. The lowest BCUT2D eigenvalue weighted by Crippen LogP contribution is -2.18. The molecule has 0 spiro atoms. The van der Waals surface area contributed by atoms with E-state index in [0.717, 1.165) is 0 Å². The van der Waals surface area contributed by atoms with E-state index in [2.05, 4.69) is 16.2 Å². The van der Waals surface area contributed by atoms with E-state index in [9.17, 15) is 9.59 Å². The number of esters is 1. The van der Waals surface area contributed by atoms with Gasteiger partial charge >= 0.3 is 12.1 Å². The van der Waals surface area contributed by atoms with Gasteiger partial charge in [-0.3, -0.25) is 0 Å². The Morgan fingerprint density at radius 2 is 2.09 bits per heavy atom. The average Bonchev–Trinajstić information content (AvgIpc) is 1.86. The van der Waals surface area contributed by atoms with Crippen molar-refractivity contribution in [2.75, 3.05) is 0 Å². The molecular weight excluding hydrogens is 146 g/mol. The third-order valence-electron chi connectivity index (χ3n) is 0.860. The van der Waals surface area contributed by atoms with Crippen molar-refractivity contribution in [2.24, 2.45) is 5.73 Å². The lowest BCUT2D eigenvalue weighted by Gasteiger charge is -1.94. The van der Waals surface area contributed by atoms with Crippen molar-refractivity contribution in [3.05, 3.63) is 17.4 Å². The zero-order valence-corrected chi connectivity index (χ0v) is 6.38. The van der Waals surface area contributed by atoms with Crippen molar-refractivity contribution in [3.8, 4) is 0 Å². The van der Waals surface area contributed by atoms with Crippen molar-refractivity contribution in [1.29, 1.82) is 0 Å². The SMILES string of the molecule is CC=C=C(C)C(=O)OC(N)=O. The molecule has 0 radical (unpaired) electrons. The van der Waals surface area contributed by atoms with E-state index in [1.165, 1.54) is 13.0 Å². The maximum absolute atomic E-state index is 10.7. The molecule has 0 saturated carbocycles. The number of carbonyl (C=O) groups is 2. The summed E-state index contributed by atoms with van der Waals surface area (Å²) < 4.78 is 4.04. The Balaban J connectivity index is 4.27. The molecule has 0 aromatic rings. The molecule has 0 bridgehead atoms. The number of primary amides is 1. The van der Waals surface area contributed by atoms with Gasteiger partial charge in [0.25, 0.3) is 0 Å². The lowest BCUT2D eigenvalue weighted by molar-refractivity contribution is -0.132. The summed E-state index contributed by atoms with van der Waals surface area (Å²) in [6.45, 7) is 3.17.